The fraction of sp³-hybridized carbons (Fsp3) is 0.963. The van der Waals surface area contributed by atoms with E-state index in [0.717, 1.165) is 32.5 Å². The summed E-state index contributed by atoms with van der Waals surface area (Å²) < 4.78 is 10.9. The van der Waals surface area contributed by atoms with Crippen LogP contribution in [0.5, 0.6) is 0 Å². The highest BCUT2D eigenvalue weighted by atomic mass is 16.5. The summed E-state index contributed by atoms with van der Waals surface area (Å²) in [4.78, 5) is 13.7. The van der Waals surface area contributed by atoms with E-state index in [4.69, 9.17) is 9.47 Å². The van der Waals surface area contributed by atoms with Crippen LogP contribution < -0.4 is 0 Å². The lowest BCUT2D eigenvalue weighted by molar-refractivity contribution is -0.145. The van der Waals surface area contributed by atoms with E-state index in [9.17, 15) is 4.79 Å². The molecule has 0 atom stereocenters. The second-order valence-corrected chi connectivity index (χ2v) is 8.95. The van der Waals surface area contributed by atoms with Crippen LogP contribution in [-0.4, -0.2) is 50.3 Å². The van der Waals surface area contributed by atoms with Crippen molar-refractivity contribution in [2.24, 2.45) is 0 Å². The topological polar surface area (TPSA) is 38.8 Å². The van der Waals surface area contributed by atoms with Gasteiger partial charge in [0, 0.05) is 19.6 Å². The predicted octanol–water partition coefficient (Wildman–Crippen LogP) is 7.54. The maximum atomic E-state index is 11.7. The Labute approximate surface area is 194 Å². The third kappa shape index (κ3) is 23.9. The van der Waals surface area contributed by atoms with Gasteiger partial charge in [0.2, 0.25) is 0 Å². The van der Waals surface area contributed by atoms with Gasteiger partial charge in [-0.2, -0.15) is 0 Å². The summed E-state index contributed by atoms with van der Waals surface area (Å²) >= 11 is 0. The zero-order chi connectivity index (χ0) is 22.8. The first kappa shape index (κ1) is 30.4. The van der Waals surface area contributed by atoms with Gasteiger partial charge in [0.1, 0.15) is 0 Å². The summed E-state index contributed by atoms with van der Waals surface area (Å²) in [5.74, 6) is -0.124. The first-order valence-electron chi connectivity index (χ1n) is 13.7. The van der Waals surface area contributed by atoms with Crippen LogP contribution >= 0.6 is 0 Å². The number of rotatable bonds is 25. The molecule has 0 aromatic rings. The Kier molecular flexibility index (Phi) is 25.1. The third-order valence-corrected chi connectivity index (χ3v) is 6.09. The zero-order valence-corrected chi connectivity index (χ0v) is 21.4. The van der Waals surface area contributed by atoms with Gasteiger partial charge in [-0.15, -0.1) is 0 Å². The molecular formula is C27H55NO3. The summed E-state index contributed by atoms with van der Waals surface area (Å²) in [7, 11) is 0. The van der Waals surface area contributed by atoms with Gasteiger partial charge in [0.05, 0.1) is 13.2 Å². The molecule has 31 heavy (non-hydrogen) atoms. The lowest BCUT2D eigenvalue weighted by Gasteiger charge is -2.16. The highest BCUT2D eigenvalue weighted by Gasteiger charge is 2.07. The molecule has 0 unspecified atom stereocenters. The summed E-state index contributed by atoms with van der Waals surface area (Å²) in [5, 5.41) is 0. The van der Waals surface area contributed by atoms with Crippen molar-refractivity contribution in [2.45, 2.75) is 130 Å². The minimum absolute atomic E-state index is 0.124. The Morgan fingerprint density at radius 2 is 0.968 bits per heavy atom. The molecule has 0 fully saturated rings. The van der Waals surface area contributed by atoms with Gasteiger partial charge in [-0.25, -0.2) is 0 Å². The van der Waals surface area contributed by atoms with E-state index in [2.05, 4.69) is 25.7 Å². The average Bonchev–Trinajstić information content (AvgIpc) is 2.78. The average molecular weight is 442 g/mol. The van der Waals surface area contributed by atoms with Crippen molar-refractivity contribution in [1.29, 1.82) is 0 Å². The molecule has 0 N–H and O–H groups in total. The molecule has 0 saturated heterocycles. The smallest absolute Gasteiger partial charge is 0.320 e. The van der Waals surface area contributed by atoms with Gasteiger partial charge in [-0.3, -0.25) is 9.69 Å². The van der Waals surface area contributed by atoms with Crippen LogP contribution in [0.3, 0.4) is 0 Å². The molecule has 186 valence electrons. The van der Waals surface area contributed by atoms with Gasteiger partial charge in [-0.1, -0.05) is 117 Å². The van der Waals surface area contributed by atoms with Crippen molar-refractivity contribution < 1.29 is 14.3 Å². The highest BCUT2D eigenvalue weighted by molar-refractivity contribution is 5.71. The molecule has 0 aromatic carbocycles. The van der Waals surface area contributed by atoms with E-state index in [1.165, 1.54) is 96.3 Å². The quantitative estimate of drug-likeness (QED) is 0.108. The Morgan fingerprint density at radius 3 is 1.42 bits per heavy atom. The summed E-state index contributed by atoms with van der Waals surface area (Å²) in [6, 6.07) is 0. The van der Waals surface area contributed by atoms with Gasteiger partial charge < -0.3 is 9.47 Å². The Hall–Kier alpha value is -0.610. The number of esters is 1. The summed E-state index contributed by atoms with van der Waals surface area (Å²) in [6.45, 7) is 10.6. The Balaban J connectivity index is 3.13. The molecule has 4 heteroatoms. The lowest BCUT2D eigenvalue weighted by atomic mass is 10.0. The number of ether oxygens (including phenoxy) is 2. The van der Waals surface area contributed by atoms with E-state index in [1.54, 1.807) is 0 Å². The van der Waals surface area contributed by atoms with Crippen molar-refractivity contribution in [3.8, 4) is 0 Å². The molecule has 0 spiro atoms. The van der Waals surface area contributed by atoms with Crippen molar-refractivity contribution in [3.05, 3.63) is 0 Å². The van der Waals surface area contributed by atoms with Gasteiger partial charge in [-0.05, 0) is 19.5 Å². The minimum Gasteiger partial charge on any atom is -0.465 e. The molecule has 0 aliphatic heterocycles. The Bertz CT molecular complexity index is 358. The largest absolute Gasteiger partial charge is 0.465 e. The molecule has 0 saturated carbocycles. The van der Waals surface area contributed by atoms with Crippen LogP contribution in [0.15, 0.2) is 0 Å². The van der Waals surface area contributed by atoms with Crippen molar-refractivity contribution in [1.82, 2.24) is 4.90 Å². The Morgan fingerprint density at radius 1 is 0.548 bits per heavy atom. The lowest BCUT2D eigenvalue weighted by Crippen LogP contribution is -2.30. The van der Waals surface area contributed by atoms with Crippen molar-refractivity contribution >= 4 is 5.97 Å². The third-order valence-electron chi connectivity index (χ3n) is 6.09. The maximum absolute atomic E-state index is 11.7. The predicted molar refractivity (Wildman–Crippen MR) is 134 cm³/mol. The highest BCUT2D eigenvalue weighted by Crippen LogP contribution is 2.13. The number of hydrogen-bond acceptors (Lipinski definition) is 4. The van der Waals surface area contributed by atoms with Crippen LogP contribution in [0.1, 0.15) is 130 Å². The number of nitrogens with zero attached hydrogens (tertiary/aromatic N) is 1. The van der Waals surface area contributed by atoms with E-state index in [1.807, 2.05) is 0 Å². The van der Waals surface area contributed by atoms with Crippen molar-refractivity contribution in [2.75, 3.05) is 39.5 Å². The molecule has 0 bridgehead atoms. The van der Waals surface area contributed by atoms with Gasteiger partial charge in [0.25, 0.3) is 0 Å². The molecule has 4 nitrogen and oxygen atoms in total. The van der Waals surface area contributed by atoms with Crippen molar-refractivity contribution in [3.63, 3.8) is 0 Å². The van der Waals surface area contributed by atoms with Crippen LogP contribution in [0.2, 0.25) is 0 Å². The molecule has 0 aromatic heterocycles. The maximum Gasteiger partial charge on any atom is 0.320 e. The second-order valence-electron chi connectivity index (χ2n) is 8.95. The normalized spacial score (nSPS) is 11.4. The first-order valence-corrected chi connectivity index (χ1v) is 13.7. The second kappa shape index (κ2) is 25.6. The molecule has 0 radical (unpaired) electrons. The number of carbonyl (C=O) groups is 1. The number of carbonyl (C=O) groups excluding carboxylic acids is 1. The van der Waals surface area contributed by atoms with E-state index >= 15 is 0 Å². The van der Waals surface area contributed by atoms with Gasteiger partial charge >= 0.3 is 5.97 Å². The first-order chi connectivity index (χ1) is 15.2. The molecule has 0 rings (SSSR count). The van der Waals surface area contributed by atoms with E-state index < -0.39 is 0 Å². The molecule has 0 aliphatic carbocycles. The van der Waals surface area contributed by atoms with Crippen LogP contribution in [0.25, 0.3) is 0 Å². The molecule has 0 heterocycles. The fourth-order valence-electron chi connectivity index (χ4n) is 3.88. The summed E-state index contributed by atoms with van der Waals surface area (Å²) in [5.41, 5.74) is 0. The SMILES string of the molecule is CCCCCCCCCCCCCCCCCCOCCCOC(=O)CN(CC)CC. The number of hydrogen-bond donors (Lipinski definition) is 0. The molecule has 0 aliphatic rings. The fourth-order valence-corrected chi connectivity index (χ4v) is 3.88. The molecular weight excluding hydrogens is 386 g/mol. The van der Waals surface area contributed by atoms with Crippen LogP contribution in [-0.2, 0) is 14.3 Å². The molecule has 0 amide bonds. The van der Waals surface area contributed by atoms with Gasteiger partial charge in [0.15, 0.2) is 0 Å². The zero-order valence-electron chi connectivity index (χ0n) is 21.4. The standard InChI is InChI=1S/C27H55NO3/c1-4-7-8-9-10-11-12-13-14-15-16-17-18-19-20-21-23-30-24-22-25-31-27(29)26-28(5-2)6-3/h4-26H2,1-3H3. The van der Waals surface area contributed by atoms with E-state index in [-0.39, 0.29) is 5.97 Å². The van der Waals surface area contributed by atoms with Crippen LogP contribution in [0, 0.1) is 0 Å². The number of unbranched alkanes of at least 4 members (excludes halogenated alkanes) is 15. The van der Waals surface area contributed by atoms with Crippen LogP contribution in [0.4, 0.5) is 0 Å². The van der Waals surface area contributed by atoms with E-state index in [0.29, 0.717) is 19.8 Å². The minimum atomic E-state index is -0.124. The monoisotopic (exact) mass is 441 g/mol. The number of likely N-dealkylation sites (N-methyl/N-ethyl adjacent to an activating group) is 1. The summed E-state index contributed by atoms with van der Waals surface area (Å²) in [6.07, 6.45) is 23.1.